The smallest absolute Gasteiger partial charge is 0.202 e. The number of ether oxygens (including phenoxy) is 11. The van der Waals surface area contributed by atoms with Gasteiger partial charge in [0.05, 0.1) is 77.6 Å². The molecule has 5 aliphatic heterocycles. The summed E-state index contributed by atoms with van der Waals surface area (Å²) in [7, 11) is 1.18. The topological polar surface area (TPSA) is 358 Å². The number of hydrogen-bond acceptors (Lipinski definition) is 24. The summed E-state index contributed by atoms with van der Waals surface area (Å²) < 4.78 is 66.5. The van der Waals surface area contributed by atoms with Crippen molar-refractivity contribution in [1.29, 1.82) is 0 Å². The Balaban J connectivity index is 1.04. The van der Waals surface area contributed by atoms with Crippen molar-refractivity contribution in [2.45, 2.75) is 241 Å². The largest absolute Gasteiger partial charge is 0.507 e. The summed E-state index contributed by atoms with van der Waals surface area (Å²) >= 11 is 0. The Hall–Kier alpha value is -3.32. The molecule has 0 spiro atoms. The molecule has 0 radical (unpaired) electrons. The molecule has 6 aliphatic rings. The highest BCUT2D eigenvalue weighted by atomic mass is 16.7. The van der Waals surface area contributed by atoms with E-state index in [1.165, 1.54) is 46.9 Å². The number of phenols is 2. The molecule has 8 rings (SSSR count). The molecule has 24 nitrogen and oxygen atoms in total. The number of hydrogen-bond donors (Lipinski definition) is 11. The lowest BCUT2D eigenvalue weighted by molar-refractivity contribution is -0.334. The Morgan fingerprint density at radius 1 is 0.684 bits per heavy atom. The van der Waals surface area contributed by atoms with Gasteiger partial charge >= 0.3 is 0 Å². The minimum Gasteiger partial charge on any atom is -0.507 e. The highest BCUT2D eigenvalue weighted by molar-refractivity contribution is 6.11. The molecule has 11 N–H and O–H groups in total. The Bertz CT molecular complexity index is 2350. The quantitative estimate of drug-likeness (QED) is 0.110. The van der Waals surface area contributed by atoms with E-state index in [9.17, 15) is 61.0 Å². The number of carbonyl (C=O) groups excluding carboxylic acids is 2. The standard InChI is InChI=1S/C52H76O24/c1-18-29(72-34-14-30(43(58)21(4)68-34)73-33-13-28(54)42(57)20(3)67-33)12-26-10-25-11-27(49(66-9)48(63)41(56)19(2)53)50(47(62)39(25)46(61)38(26)40(18)55)76-36-16-31(44(59)23(6)70-36)74-35-15-32(45(60)22(5)69-35)75-37-17-52(8,65)51(64)24(7)71-37/h10,12,19-24,27-28,30-37,41-45,49-51,53-61,64-65H,11,13-17H2,1-9H3/t19-,20+,21+,22+,23+,24+,27?,28+,30+,31+,32+,33-,34-,35?,36-,37-,41-,42+,43-,44+,45+,49+,50-,51+,52-/m0/s1. The third-order valence-electron chi connectivity index (χ3n) is 15.9. The van der Waals surface area contributed by atoms with Crippen LogP contribution in [0.4, 0.5) is 0 Å². The summed E-state index contributed by atoms with van der Waals surface area (Å²) in [6.45, 7) is 12.1. The number of fused-ring (bicyclic) bond motifs is 2. The van der Waals surface area contributed by atoms with Crippen molar-refractivity contribution in [3.63, 3.8) is 0 Å². The Kier molecular flexibility index (Phi) is 18.1. The summed E-state index contributed by atoms with van der Waals surface area (Å²) in [5, 5.41) is 120. The average Bonchev–Trinajstić information content (AvgIpc) is 3.38. The minimum absolute atomic E-state index is 0.0365. The number of Topliss-reactive ketones (excluding diaryl/α,β-unsaturated/α-hetero) is 2. The molecule has 2 unspecified atom stereocenters. The second kappa shape index (κ2) is 23.4. The second-order valence-corrected chi connectivity index (χ2v) is 21.7. The van der Waals surface area contributed by atoms with Crippen LogP contribution in [-0.4, -0.2) is 222 Å². The molecular formula is C52H76O24. The van der Waals surface area contributed by atoms with Gasteiger partial charge in [-0.15, -0.1) is 0 Å². The number of ketones is 2. The van der Waals surface area contributed by atoms with E-state index >= 15 is 4.79 Å². The number of aliphatic hydroxyl groups excluding tert-OH is 8. The van der Waals surface area contributed by atoms with Crippen LogP contribution in [0.2, 0.25) is 0 Å². The predicted octanol–water partition coefficient (Wildman–Crippen LogP) is -0.249. The summed E-state index contributed by atoms with van der Waals surface area (Å²) in [5.74, 6) is -4.07. The first-order valence-electron chi connectivity index (χ1n) is 26.0. The molecule has 0 bridgehead atoms. The Labute approximate surface area is 439 Å². The molecule has 0 saturated carbocycles. The zero-order valence-electron chi connectivity index (χ0n) is 44.0. The molecule has 0 aromatic heterocycles. The van der Waals surface area contributed by atoms with Crippen LogP contribution in [-0.2, 0) is 58.6 Å². The van der Waals surface area contributed by atoms with E-state index in [1.807, 2.05) is 0 Å². The summed E-state index contributed by atoms with van der Waals surface area (Å²) in [6, 6.07) is 3.03. The highest BCUT2D eigenvalue weighted by Gasteiger charge is 2.51. The lowest BCUT2D eigenvalue weighted by atomic mass is 9.75. The molecule has 428 valence electrons. The lowest BCUT2D eigenvalue weighted by Gasteiger charge is -2.46. The van der Waals surface area contributed by atoms with Crippen LogP contribution < -0.4 is 4.74 Å². The van der Waals surface area contributed by atoms with Crippen molar-refractivity contribution in [2.75, 3.05) is 7.11 Å². The number of aliphatic hydroxyl groups is 9. The third-order valence-corrected chi connectivity index (χ3v) is 15.9. The fraction of sp³-hybridized carbons (Fsp3) is 0.769. The van der Waals surface area contributed by atoms with Crippen LogP contribution in [0, 0.1) is 12.8 Å². The van der Waals surface area contributed by atoms with Gasteiger partial charge in [-0.05, 0) is 84.9 Å². The molecule has 2 aromatic rings. The monoisotopic (exact) mass is 1080 g/mol. The Morgan fingerprint density at radius 3 is 1.70 bits per heavy atom. The molecule has 5 heterocycles. The van der Waals surface area contributed by atoms with Crippen LogP contribution in [0.25, 0.3) is 10.8 Å². The number of carbonyl (C=O) groups is 2. The van der Waals surface area contributed by atoms with Crippen molar-refractivity contribution in [3.05, 3.63) is 28.8 Å². The molecule has 2 aromatic carbocycles. The lowest BCUT2D eigenvalue weighted by Crippen LogP contribution is -2.58. The molecular weight excluding hydrogens is 1010 g/mol. The summed E-state index contributed by atoms with van der Waals surface area (Å²) in [4.78, 5) is 28.9. The maximum absolute atomic E-state index is 15.0. The number of aromatic hydroxyl groups is 2. The minimum atomic E-state index is -1.95. The normalized spacial score (nSPS) is 42.5. The number of rotatable bonds is 15. The molecule has 24 heteroatoms. The first-order valence-corrected chi connectivity index (χ1v) is 26.0. The van der Waals surface area contributed by atoms with Gasteiger partial charge in [0.25, 0.3) is 0 Å². The van der Waals surface area contributed by atoms with Gasteiger partial charge in [0.1, 0.15) is 66.1 Å². The van der Waals surface area contributed by atoms with E-state index in [-0.39, 0.29) is 71.7 Å². The van der Waals surface area contributed by atoms with E-state index in [4.69, 9.17) is 52.1 Å². The summed E-state index contributed by atoms with van der Waals surface area (Å²) in [6.07, 6.45) is -27.0. The van der Waals surface area contributed by atoms with Crippen LogP contribution in [0.1, 0.15) is 102 Å². The van der Waals surface area contributed by atoms with Crippen molar-refractivity contribution >= 4 is 22.3 Å². The number of methoxy groups -OCH3 is 1. The van der Waals surface area contributed by atoms with Crippen LogP contribution >= 0.6 is 0 Å². The molecule has 76 heavy (non-hydrogen) atoms. The van der Waals surface area contributed by atoms with E-state index in [2.05, 4.69) is 0 Å². The van der Waals surface area contributed by atoms with Crippen LogP contribution in [0.15, 0.2) is 12.1 Å². The van der Waals surface area contributed by atoms with E-state index in [0.29, 0.717) is 0 Å². The molecule has 25 atom stereocenters. The second-order valence-electron chi connectivity index (χ2n) is 21.7. The summed E-state index contributed by atoms with van der Waals surface area (Å²) in [5.41, 5.74) is -1.47. The maximum Gasteiger partial charge on any atom is 0.202 e. The SMILES string of the molecule is CO[C@@H](C(=O)[C@@H](O)[C@H](C)O)C1Cc2cc3cc(O[C@H]4C[C@@H](O[C@H]5C[C@@H](O)[C@H](O)[C@@H](C)O5)[C@@H](O)[C@@H](C)O4)c(C)c(O)c3c(O)c2C(=O)[C@H]1O[C@H]1C[C@@H](OC2C[C@@H](O[C@H]3C[C@](C)(O)[C@H](O)[C@@H](C)O3)[C@H](O)[C@@H](C)O2)[C@H](O)[C@@H](C)O1. The zero-order valence-corrected chi connectivity index (χ0v) is 44.0. The van der Waals surface area contributed by atoms with Gasteiger partial charge in [0.15, 0.2) is 36.7 Å². The van der Waals surface area contributed by atoms with E-state index in [0.717, 1.165) is 0 Å². The molecule has 5 saturated heterocycles. The van der Waals surface area contributed by atoms with Gasteiger partial charge in [0, 0.05) is 50.7 Å². The number of benzene rings is 2. The van der Waals surface area contributed by atoms with Crippen molar-refractivity contribution in [1.82, 2.24) is 0 Å². The number of phenolic OH excluding ortho intramolecular Hbond substituents is 2. The van der Waals surface area contributed by atoms with Gasteiger partial charge in [-0.2, -0.15) is 0 Å². The van der Waals surface area contributed by atoms with Gasteiger partial charge in [-0.1, -0.05) is 0 Å². The fourth-order valence-electron chi connectivity index (χ4n) is 11.3. The predicted molar refractivity (Wildman–Crippen MR) is 259 cm³/mol. The van der Waals surface area contributed by atoms with Crippen LogP contribution in [0.3, 0.4) is 0 Å². The first-order chi connectivity index (χ1) is 35.7. The molecule has 0 amide bonds. The maximum atomic E-state index is 15.0. The first kappa shape index (κ1) is 58.8. The van der Waals surface area contributed by atoms with E-state index < -0.39 is 176 Å². The van der Waals surface area contributed by atoms with Crippen LogP contribution in [0.5, 0.6) is 17.2 Å². The van der Waals surface area contributed by atoms with Gasteiger partial charge in [-0.3, -0.25) is 9.59 Å². The van der Waals surface area contributed by atoms with Crippen molar-refractivity contribution in [3.8, 4) is 17.2 Å². The fourth-order valence-corrected chi connectivity index (χ4v) is 11.3. The average molecular weight is 1090 g/mol. The third kappa shape index (κ3) is 11.9. The van der Waals surface area contributed by atoms with Gasteiger partial charge in [0.2, 0.25) is 6.29 Å². The van der Waals surface area contributed by atoms with Gasteiger partial charge in [-0.25, -0.2) is 0 Å². The van der Waals surface area contributed by atoms with Crippen molar-refractivity contribution < 1.29 is 118 Å². The molecule has 1 aliphatic carbocycles. The molecule has 5 fully saturated rings. The Morgan fingerprint density at radius 2 is 1.17 bits per heavy atom. The van der Waals surface area contributed by atoms with Gasteiger partial charge < -0.3 is 108 Å². The van der Waals surface area contributed by atoms with E-state index in [1.54, 1.807) is 27.7 Å². The van der Waals surface area contributed by atoms with Crippen molar-refractivity contribution in [2.24, 2.45) is 5.92 Å². The highest BCUT2D eigenvalue weighted by Crippen LogP contribution is 2.47. The zero-order chi connectivity index (χ0) is 55.6.